The smallest absolute Gasteiger partial charge is 0.392 e. The van der Waals surface area contributed by atoms with Crippen LogP contribution in [0.2, 0.25) is 0 Å². The number of halogens is 3. The Labute approximate surface area is 110 Å². The summed E-state index contributed by atoms with van der Waals surface area (Å²) in [5, 5.41) is 8.95. The largest absolute Gasteiger partial charge is 0.416 e. The summed E-state index contributed by atoms with van der Waals surface area (Å²) in [5.74, 6) is 0. The number of rotatable bonds is 6. The van der Waals surface area contributed by atoms with Crippen LogP contribution in [0.15, 0.2) is 18.2 Å². The van der Waals surface area contributed by atoms with Crippen LogP contribution >= 0.6 is 0 Å². The lowest BCUT2D eigenvalue weighted by atomic mass is 10.1. The molecule has 0 aliphatic heterocycles. The number of methoxy groups -OCH3 is 1. The van der Waals surface area contributed by atoms with Gasteiger partial charge in [-0.25, -0.2) is 0 Å². The van der Waals surface area contributed by atoms with Crippen LogP contribution in [0.5, 0.6) is 0 Å². The third-order valence-corrected chi connectivity index (χ3v) is 2.85. The minimum atomic E-state index is -4.46. The van der Waals surface area contributed by atoms with Gasteiger partial charge in [0.2, 0.25) is 0 Å². The highest BCUT2D eigenvalue weighted by atomic mass is 19.4. The lowest BCUT2D eigenvalue weighted by molar-refractivity contribution is -0.138. The highest BCUT2D eigenvalue weighted by Gasteiger charge is 2.33. The summed E-state index contributed by atoms with van der Waals surface area (Å²) in [6.45, 7) is 0.539. The summed E-state index contributed by atoms with van der Waals surface area (Å²) in [4.78, 5) is 1.73. The minimum absolute atomic E-state index is 0.110. The van der Waals surface area contributed by atoms with Gasteiger partial charge in [0, 0.05) is 33.0 Å². The zero-order valence-electron chi connectivity index (χ0n) is 11.0. The predicted molar refractivity (Wildman–Crippen MR) is 67.1 cm³/mol. The second kappa shape index (κ2) is 6.77. The average molecular weight is 277 g/mol. The number of aliphatic hydroxyl groups excluding tert-OH is 1. The van der Waals surface area contributed by atoms with Crippen molar-refractivity contribution in [1.29, 1.82) is 0 Å². The molecule has 19 heavy (non-hydrogen) atoms. The molecular weight excluding hydrogens is 259 g/mol. The Morgan fingerprint density at radius 3 is 2.53 bits per heavy atom. The maximum atomic E-state index is 12.8. The van der Waals surface area contributed by atoms with E-state index in [2.05, 4.69) is 0 Å². The molecule has 1 aromatic rings. The highest BCUT2D eigenvalue weighted by molar-refractivity contribution is 5.51. The number of aliphatic hydroxyl groups is 1. The van der Waals surface area contributed by atoms with E-state index in [4.69, 9.17) is 9.84 Å². The molecule has 0 aromatic heterocycles. The molecule has 0 heterocycles. The van der Waals surface area contributed by atoms with Gasteiger partial charge in [-0.15, -0.1) is 0 Å². The van der Waals surface area contributed by atoms with Crippen molar-refractivity contribution in [3.63, 3.8) is 0 Å². The summed E-state index contributed by atoms with van der Waals surface area (Å²) in [7, 11) is 3.31. The third kappa shape index (κ3) is 4.40. The summed E-state index contributed by atoms with van der Waals surface area (Å²) in [6.07, 6.45) is -3.72. The minimum Gasteiger partial charge on any atom is -0.392 e. The van der Waals surface area contributed by atoms with Crippen LogP contribution in [0, 0.1) is 0 Å². The van der Waals surface area contributed by atoms with Crippen LogP contribution in [0.3, 0.4) is 0 Å². The van der Waals surface area contributed by atoms with Crippen molar-refractivity contribution in [1.82, 2.24) is 0 Å². The van der Waals surface area contributed by atoms with E-state index in [0.717, 1.165) is 12.5 Å². The molecule has 108 valence electrons. The molecule has 0 aliphatic rings. The van der Waals surface area contributed by atoms with Gasteiger partial charge in [0.05, 0.1) is 12.2 Å². The van der Waals surface area contributed by atoms with E-state index in [1.165, 1.54) is 6.07 Å². The highest BCUT2D eigenvalue weighted by Crippen LogP contribution is 2.34. The van der Waals surface area contributed by atoms with E-state index >= 15 is 0 Å². The van der Waals surface area contributed by atoms with Gasteiger partial charge in [-0.05, 0) is 24.1 Å². The molecule has 0 spiro atoms. The Morgan fingerprint density at radius 1 is 1.32 bits per heavy atom. The van der Waals surface area contributed by atoms with E-state index in [1.54, 1.807) is 25.1 Å². The molecule has 1 rings (SSSR count). The fraction of sp³-hybridized carbons (Fsp3) is 0.538. The van der Waals surface area contributed by atoms with E-state index in [9.17, 15) is 13.2 Å². The Kier molecular flexibility index (Phi) is 5.62. The van der Waals surface area contributed by atoms with Crippen LogP contribution in [0.4, 0.5) is 18.9 Å². The monoisotopic (exact) mass is 277 g/mol. The maximum Gasteiger partial charge on any atom is 0.416 e. The Hall–Kier alpha value is -1.27. The van der Waals surface area contributed by atoms with Crippen LogP contribution < -0.4 is 4.90 Å². The van der Waals surface area contributed by atoms with Gasteiger partial charge in [-0.2, -0.15) is 13.2 Å². The van der Waals surface area contributed by atoms with E-state index in [0.29, 0.717) is 18.8 Å². The molecule has 0 aliphatic carbocycles. The van der Waals surface area contributed by atoms with E-state index in [1.807, 2.05) is 0 Å². The number of alkyl halides is 3. The van der Waals surface area contributed by atoms with Gasteiger partial charge < -0.3 is 14.7 Å². The first-order valence-electron chi connectivity index (χ1n) is 5.91. The molecule has 0 amide bonds. The number of hydrogen-bond acceptors (Lipinski definition) is 3. The predicted octanol–water partition coefficient (Wildman–Crippen LogP) is 2.67. The summed E-state index contributed by atoms with van der Waals surface area (Å²) in [5.41, 5.74) is -0.423. The number of benzene rings is 1. The lowest BCUT2D eigenvalue weighted by Crippen LogP contribution is -2.21. The van der Waals surface area contributed by atoms with Crippen molar-refractivity contribution in [3.05, 3.63) is 29.3 Å². The molecule has 6 heteroatoms. The molecule has 0 saturated heterocycles. The Bertz CT molecular complexity index is 407. The molecule has 0 atom stereocenters. The van der Waals surface area contributed by atoms with Crippen LogP contribution in [-0.4, -0.2) is 32.4 Å². The number of nitrogens with zero attached hydrogens (tertiary/aromatic N) is 1. The average Bonchev–Trinajstić information content (AvgIpc) is 2.37. The summed E-state index contributed by atoms with van der Waals surface area (Å²) < 4.78 is 43.4. The molecule has 0 unspecified atom stereocenters. The third-order valence-electron chi connectivity index (χ3n) is 2.85. The van der Waals surface area contributed by atoms with Gasteiger partial charge in [0.25, 0.3) is 0 Å². The standard InChI is InChI=1S/C13H18F3NO2/c1-17(6-3-7-19-2)11-5-4-10(9-18)12(8-11)13(14,15)16/h4-5,8,18H,3,6-7,9H2,1-2H3. The van der Waals surface area contributed by atoms with Crippen LogP contribution in [-0.2, 0) is 17.5 Å². The Balaban J connectivity index is 2.91. The molecule has 1 N–H and O–H groups in total. The van der Waals surface area contributed by atoms with Crippen molar-refractivity contribution in [3.8, 4) is 0 Å². The maximum absolute atomic E-state index is 12.8. The fourth-order valence-electron chi connectivity index (χ4n) is 1.78. The Morgan fingerprint density at radius 2 is 2.00 bits per heavy atom. The van der Waals surface area contributed by atoms with Crippen molar-refractivity contribution < 1.29 is 23.0 Å². The normalized spacial score (nSPS) is 11.7. The molecule has 0 fully saturated rings. The molecular formula is C13H18F3NO2. The summed E-state index contributed by atoms with van der Waals surface area (Å²) >= 11 is 0. The van der Waals surface area contributed by atoms with Gasteiger partial charge >= 0.3 is 6.18 Å². The SMILES string of the molecule is COCCCN(C)c1ccc(CO)c(C(F)(F)F)c1. The second-order valence-corrected chi connectivity index (χ2v) is 4.27. The quantitative estimate of drug-likeness (QED) is 0.811. The van der Waals surface area contributed by atoms with Crippen molar-refractivity contribution in [2.45, 2.75) is 19.2 Å². The number of anilines is 1. The lowest BCUT2D eigenvalue weighted by Gasteiger charge is -2.21. The van der Waals surface area contributed by atoms with Gasteiger partial charge in [-0.1, -0.05) is 6.07 Å². The number of hydrogen-bond donors (Lipinski definition) is 1. The molecule has 0 bridgehead atoms. The zero-order chi connectivity index (χ0) is 14.5. The molecule has 0 saturated carbocycles. The molecule has 1 aromatic carbocycles. The van der Waals surface area contributed by atoms with E-state index < -0.39 is 18.3 Å². The second-order valence-electron chi connectivity index (χ2n) is 4.27. The first kappa shape index (κ1) is 15.8. The number of ether oxygens (including phenoxy) is 1. The van der Waals surface area contributed by atoms with Crippen molar-refractivity contribution in [2.75, 3.05) is 32.2 Å². The van der Waals surface area contributed by atoms with Crippen LogP contribution in [0.1, 0.15) is 17.5 Å². The van der Waals surface area contributed by atoms with Crippen molar-refractivity contribution >= 4 is 5.69 Å². The fourth-order valence-corrected chi connectivity index (χ4v) is 1.78. The van der Waals surface area contributed by atoms with Crippen molar-refractivity contribution in [2.24, 2.45) is 0 Å². The van der Waals surface area contributed by atoms with E-state index in [-0.39, 0.29) is 5.56 Å². The van der Waals surface area contributed by atoms with Gasteiger partial charge in [-0.3, -0.25) is 0 Å². The van der Waals surface area contributed by atoms with Gasteiger partial charge in [0.1, 0.15) is 0 Å². The topological polar surface area (TPSA) is 32.7 Å². The van der Waals surface area contributed by atoms with Gasteiger partial charge in [0.15, 0.2) is 0 Å². The first-order chi connectivity index (χ1) is 8.90. The summed E-state index contributed by atoms with van der Waals surface area (Å²) in [6, 6.07) is 3.96. The zero-order valence-corrected chi connectivity index (χ0v) is 11.0. The van der Waals surface area contributed by atoms with Crippen LogP contribution in [0.25, 0.3) is 0 Å². The molecule has 3 nitrogen and oxygen atoms in total. The first-order valence-corrected chi connectivity index (χ1v) is 5.91. The molecule has 0 radical (unpaired) electrons.